The SMILES string of the molecule is CCOC(=O)Cc1csc(NC(=O)/C=C/c2ccc(OC(C)C)c(OC)c2)n1. The van der Waals surface area contributed by atoms with Gasteiger partial charge in [-0.1, -0.05) is 6.07 Å². The Bertz CT molecular complexity index is 845. The van der Waals surface area contributed by atoms with Crippen LogP contribution in [-0.4, -0.2) is 36.7 Å². The van der Waals surface area contributed by atoms with Gasteiger partial charge in [-0.25, -0.2) is 4.98 Å². The molecule has 150 valence electrons. The highest BCUT2D eigenvalue weighted by molar-refractivity contribution is 7.14. The first-order valence-corrected chi connectivity index (χ1v) is 9.73. The van der Waals surface area contributed by atoms with Crippen LogP contribution in [-0.2, 0) is 20.7 Å². The van der Waals surface area contributed by atoms with Crippen molar-refractivity contribution >= 4 is 34.4 Å². The Balaban J connectivity index is 1.96. The van der Waals surface area contributed by atoms with Crippen LogP contribution in [0, 0.1) is 0 Å². The van der Waals surface area contributed by atoms with Gasteiger partial charge in [0.15, 0.2) is 16.6 Å². The fourth-order valence-electron chi connectivity index (χ4n) is 2.26. The Kier molecular flexibility index (Phi) is 8.01. The van der Waals surface area contributed by atoms with Gasteiger partial charge in [0.1, 0.15) is 0 Å². The van der Waals surface area contributed by atoms with Crippen molar-refractivity contribution in [3.8, 4) is 11.5 Å². The van der Waals surface area contributed by atoms with E-state index in [9.17, 15) is 9.59 Å². The maximum atomic E-state index is 12.1. The Labute approximate surface area is 168 Å². The van der Waals surface area contributed by atoms with E-state index in [0.29, 0.717) is 28.9 Å². The van der Waals surface area contributed by atoms with Gasteiger partial charge < -0.3 is 14.2 Å². The minimum Gasteiger partial charge on any atom is -0.493 e. The molecule has 0 atom stereocenters. The van der Waals surface area contributed by atoms with Crippen molar-refractivity contribution in [1.29, 1.82) is 0 Å². The summed E-state index contributed by atoms with van der Waals surface area (Å²) in [6.45, 7) is 5.95. The number of rotatable bonds is 9. The molecule has 1 aromatic carbocycles. The third-order valence-corrected chi connectivity index (χ3v) is 4.20. The predicted molar refractivity (Wildman–Crippen MR) is 109 cm³/mol. The van der Waals surface area contributed by atoms with E-state index in [2.05, 4.69) is 10.3 Å². The van der Waals surface area contributed by atoms with Crippen LogP contribution in [0.1, 0.15) is 32.0 Å². The normalized spacial score (nSPS) is 10.9. The molecule has 0 saturated heterocycles. The Morgan fingerprint density at radius 1 is 1.29 bits per heavy atom. The van der Waals surface area contributed by atoms with Crippen molar-refractivity contribution < 1.29 is 23.8 Å². The molecule has 8 heteroatoms. The first-order valence-electron chi connectivity index (χ1n) is 8.85. The number of anilines is 1. The average molecular weight is 404 g/mol. The molecule has 1 aromatic heterocycles. The summed E-state index contributed by atoms with van der Waals surface area (Å²) in [6.07, 6.45) is 3.20. The summed E-state index contributed by atoms with van der Waals surface area (Å²) in [7, 11) is 1.57. The lowest BCUT2D eigenvalue weighted by Gasteiger charge is -2.13. The van der Waals surface area contributed by atoms with E-state index in [-0.39, 0.29) is 24.4 Å². The summed E-state index contributed by atoms with van der Waals surface area (Å²) in [5, 5.41) is 4.82. The largest absolute Gasteiger partial charge is 0.493 e. The second kappa shape index (κ2) is 10.5. The molecule has 0 fully saturated rings. The highest BCUT2D eigenvalue weighted by Crippen LogP contribution is 2.29. The number of hydrogen-bond donors (Lipinski definition) is 1. The lowest BCUT2D eigenvalue weighted by atomic mass is 10.2. The van der Waals surface area contributed by atoms with Crippen LogP contribution in [0.3, 0.4) is 0 Å². The molecular weight excluding hydrogens is 380 g/mol. The Hall–Kier alpha value is -2.87. The summed E-state index contributed by atoms with van der Waals surface area (Å²) in [5.41, 5.74) is 1.36. The quantitative estimate of drug-likeness (QED) is 0.507. The van der Waals surface area contributed by atoms with Crippen LogP contribution in [0.4, 0.5) is 5.13 Å². The van der Waals surface area contributed by atoms with Crippen LogP contribution in [0.5, 0.6) is 11.5 Å². The number of benzene rings is 1. The standard InChI is InChI=1S/C20H24N2O5S/c1-5-26-19(24)11-15-12-28-20(21-15)22-18(23)9-7-14-6-8-16(27-13(2)3)17(10-14)25-4/h6-10,12-13H,5,11H2,1-4H3,(H,21,22,23)/b9-7+. The number of methoxy groups -OCH3 is 1. The van der Waals surface area contributed by atoms with Crippen molar-refractivity contribution in [2.75, 3.05) is 19.0 Å². The fourth-order valence-corrected chi connectivity index (χ4v) is 2.98. The molecule has 28 heavy (non-hydrogen) atoms. The molecule has 0 unspecified atom stereocenters. The van der Waals surface area contributed by atoms with Crippen LogP contribution in [0.15, 0.2) is 29.7 Å². The monoisotopic (exact) mass is 404 g/mol. The Morgan fingerprint density at radius 2 is 2.07 bits per heavy atom. The maximum absolute atomic E-state index is 12.1. The summed E-state index contributed by atoms with van der Waals surface area (Å²) in [6, 6.07) is 5.44. The minimum absolute atomic E-state index is 0.0353. The fraction of sp³-hybridized carbons (Fsp3) is 0.350. The molecule has 0 aliphatic heterocycles. The number of thiazole rings is 1. The number of esters is 1. The molecule has 0 aliphatic carbocycles. The lowest BCUT2D eigenvalue weighted by molar-refractivity contribution is -0.142. The molecule has 0 radical (unpaired) electrons. The van der Waals surface area contributed by atoms with E-state index < -0.39 is 0 Å². The lowest BCUT2D eigenvalue weighted by Crippen LogP contribution is -2.09. The third-order valence-electron chi connectivity index (χ3n) is 3.39. The first-order chi connectivity index (χ1) is 13.4. The van der Waals surface area contributed by atoms with E-state index in [1.807, 2.05) is 19.9 Å². The number of carbonyl (C=O) groups is 2. The van der Waals surface area contributed by atoms with Gasteiger partial charge in [0.25, 0.3) is 0 Å². The smallest absolute Gasteiger partial charge is 0.311 e. The van der Waals surface area contributed by atoms with Crippen molar-refractivity contribution in [3.05, 3.63) is 40.9 Å². The second-order valence-electron chi connectivity index (χ2n) is 6.03. The first kappa shape index (κ1) is 21.4. The van der Waals surface area contributed by atoms with Crippen LogP contribution >= 0.6 is 11.3 Å². The zero-order valence-corrected chi connectivity index (χ0v) is 17.2. The molecule has 2 aromatic rings. The van der Waals surface area contributed by atoms with E-state index in [1.54, 1.807) is 37.6 Å². The zero-order chi connectivity index (χ0) is 20.5. The molecule has 0 spiro atoms. The van der Waals surface area contributed by atoms with Gasteiger partial charge >= 0.3 is 5.97 Å². The van der Waals surface area contributed by atoms with E-state index in [4.69, 9.17) is 14.2 Å². The van der Waals surface area contributed by atoms with Crippen molar-refractivity contribution in [2.45, 2.75) is 33.3 Å². The van der Waals surface area contributed by atoms with Gasteiger partial charge in [-0.05, 0) is 44.5 Å². The van der Waals surface area contributed by atoms with Gasteiger partial charge in [0.05, 0.1) is 31.9 Å². The summed E-state index contributed by atoms with van der Waals surface area (Å²) >= 11 is 1.25. The number of carbonyl (C=O) groups excluding carboxylic acids is 2. The number of nitrogens with one attached hydrogen (secondary N) is 1. The highest BCUT2D eigenvalue weighted by atomic mass is 32.1. The second-order valence-corrected chi connectivity index (χ2v) is 6.88. The third kappa shape index (κ3) is 6.70. The molecule has 2 rings (SSSR count). The highest BCUT2D eigenvalue weighted by Gasteiger charge is 2.10. The molecule has 0 saturated carbocycles. The molecule has 1 N–H and O–H groups in total. The summed E-state index contributed by atoms with van der Waals surface area (Å²) < 4.78 is 15.9. The molecule has 1 amide bonds. The Morgan fingerprint density at radius 3 is 2.75 bits per heavy atom. The summed E-state index contributed by atoms with van der Waals surface area (Å²) in [5.74, 6) is 0.582. The van der Waals surface area contributed by atoms with Crippen molar-refractivity contribution in [2.24, 2.45) is 0 Å². The van der Waals surface area contributed by atoms with Gasteiger partial charge in [0, 0.05) is 11.5 Å². The van der Waals surface area contributed by atoms with Gasteiger partial charge in [0.2, 0.25) is 5.91 Å². The van der Waals surface area contributed by atoms with Gasteiger partial charge in [-0.15, -0.1) is 11.3 Å². The van der Waals surface area contributed by atoms with Gasteiger partial charge in [-0.2, -0.15) is 0 Å². The maximum Gasteiger partial charge on any atom is 0.311 e. The number of ether oxygens (including phenoxy) is 3. The zero-order valence-electron chi connectivity index (χ0n) is 16.4. The molecule has 0 aliphatic rings. The van der Waals surface area contributed by atoms with Crippen LogP contribution in [0.25, 0.3) is 6.08 Å². The van der Waals surface area contributed by atoms with Crippen LogP contribution in [0.2, 0.25) is 0 Å². The van der Waals surface area contributed by atoms with E-state index >= 15 is 0 Å². The van der Waals surface area contributed by atoms with Crippen LogP contribution < -0.4 is 14.8 Å². The summed E-state index contributed by atoms with van der Waals surface area (Å²) in [4.78, 5) is 27.8. The molecule has 0 bridgehead atoms. The van der Waals surface area contributed by atoms with E-state index in [1.165, 1.54) is 17.4 Å². The van der Waals surface area contributed by atoms with Crippen molar-refractivity contribution in [3.63, 3.8) is 0 Å². The molecule has 7 nitrogen and oxygen atoms in total. The molecule has 1 heterocycles. The number of hydrogen-bond acceptors (Lipinski definition) is 7. The number of amides is 1. The van der Waals surface area contributed by atoms with Gasteiger partial charge in [-0.3, -0.25) is 14.9 Å². The van der Waals surface area contributed by atoms with E-state index in [0.717, 1.165) is 5.56 Å². The number of aromatic nitrogens is 1. The average Bonchev–Trinajstić information content (AvgIpc) is 3.07. The topological polar surface area (TPSA) is 86.8 Å². The number of nitrogens with zero attached hydrogens (tertiary/aromatic N) is 1. The molecular formula is C20H24N2O5S. The minimum atomic E-state index is -0.343. The predicted octanol–water partition coefficient (Wildman–Crippen LogP) is 3.70. The van der Waals surface area contributed by atoms with Crippen molar-refractivity contribution in [1.82, 2.24) is 4.98 Å².